The van der Waals surface area contributed by atoms with Crippen LogP contribution < -0.4 is 5.32 Å². The van der Waals surface area contributed by atoms with Crippen molar-refractivity contribution >= 4 is 27.3 Å². The Labute approximate surface area is 174 Å². The Hall–Kier alpha value is -2.71. The summed E-state index contributed by atoms with van der Waals surface area (Å²) in [7, 11) is -3.52. The van der Waals surface area contributed by atoms with E-state index in [1.807, 2.05) is 37.3 Å². The van der Waals surface area contributed by atoms with E-state index in [4.69, 9.17) is 16.1 Å². The van der Waals surface area contributed by atoms with Crippen molar-refractivity contribution in [2.75, 3.05) is 12.3 Å². The van der Waals surface area contributed by atoms with Crippen LogP contribution in [0.1, 0.15) is 34.9 Å². The fourth-order valence-electron chi connectivity index (χ4n) is 2.65. The minimum Gasteiger partial charge on any atom is -0.347 e. The summed E-state index contributed by atoms with van der Waals surface area (Å²) in [5.41, 5.74) is 1.10. The molecular weight excluding hydrogens is 414 g/mol. The molecule has 0 saturated carbocycles. The summed E-state index contributed by atoms with van der Waals surface area (Å²) in [5.74, 6) is -0.618. The van der Waals surface area contributed by atoms with Crippen molar-refractivity contribution in [1.29, 1.82) is 0 Å². The number of halogens is 1. The molecule has 1 atom stereocenters. The summed E-state index contributed by atoms with van der Waals surface area (Å²) < 4.78 is 29.7. The van der Waals surface area contributed by atoms with E-state index in [1.54, 1.807) is 0 Å². The number of amides is 1. The number of hydrogen-bond donors (Lipinski definition) is 1. The van der Waals surface area contributed by atoms with Crippen molar-refractivity contribution in [3.8, 4) is 0 Å². The summed E-state index contributed by atoms with van der Waals surface area (Å²) >= 11 is 5.78. The molecule has 7 nitrogen and oxygen atoms in total. The maximum absolute atomic E-state index is 12.4. The quantitative estimate of drug-likeness (QED) is 0.584. The summed E-state index contributed by atoms with van der Waals surface area (Å²) in [6.45, 7) is 2.40. The number of aryl methyl sites for hydroxylation is 1. The zero-order valence-corrected chi connectivity index (χ0v) is 17.3. The lowest BCUT2D eigenvalue weighted by Crippen LogP contribution is -2.27. The highest BCUT2D eigenvalue weighted by Gasteiger charge is 2.19. The second-order valence-electron chi connectivity index (χ2n) is 6.56. The molecule has 1 aromatic heterocycles. The standard InChI is InChI=1S/C20H20ClN3O4S/c1-14(15-5-3-2-4-6-15)13-22-19(25)20-23-18(24-28-20)11-12-29(26,27)17-9-7-16(21)8-10-17/h2-10,14H,11-13H2,1H3,(H,22,25)/t14-/m0/s1. The zero-order chi connectivity index (χ0) is 20.9. The van der Waals surface area contributed by atoms with Gasteiger partial charge in [0.15, 0.2) is 15.7 Å². The first kappa shape index (κ1) is 21.0. The highest BCUT2D eigenvalue weighted by molar-refractivity contribution is 7.91. The van der Waals surface area contributed by atoms with Gasteiger partial charge in [-0.1, -0.05) is 54.0 Å². The van der Waals surface area contributed by atoms with Crippen LogP contribution in [0.25, 0.3) is 0 Å². The highest BCUT2D eigenvalue weighted by atomic mass is 35.5. The smallest absolute Gasteiger partial charge is 0.315 e. The van der Waals surface area contributed by atoms with E-state index in [1.165, 1.54) is 24.3 Å². The molecule has 0 radical (unpaired) electrons. The second kappa shape index (κ2) is 9.19. The Balaban J connectivity index is 1.54. The third kappa shape index (κ3) is 5.65. The van der Waals surface area contributed by atoms with E-state index < -0.39 is 15.7 Å². The first-order chi connectivity index (χ1) is 13.8. The van der Waals surface area contributed by atoms with Crippen LogP contribution in [0, 0.1) is 0 Å². The summed E-state index contributed by atoms with van der Waals surface area (Å²) in [6.07, 6.45) is 0.0299. The number of carbonyl (C=O) groups excluding carboxylic acids is 1. The molecule has 2 aromatic carbocycles. The molecule has 29 heavy (non-hydrogen) atoms. The van der Waals surface area contributed by atoms with Crippen molar-refractivity contribution in [2.45, 2.75) is 24.2 Å². The molecule has 0 saturated heterocycles. The number of nitrogens with one attached hydrogen (secondary N) is 1. The van der Waals surface area contributed by atoms with E-state index in [0.717, 1.165) is 5.56 Å². The molecule has 0 bridgehead atoms. The van der Waals surface area contributed by atoms with Crippen LogP contribution in [0.5, 0.6) is 0 Å². The monoisotopic (exact) mass is 433 g/mol. The molecule has 0 aliphatic heterocycles. The van der Waals surface area contributed by atoms with Gasteiger partial charge in [-0.05, 0) is 35.7 Å². The van der Waals surface area contributed by atoms with Crippen LogP contribution in [-0.2, 0) is 16.3 Å². The van der Waals surface area contributed by atoms with E-state index in [0.29, 0.717) is 11.6 Å². The van der Waals surface area contributed by atoms with Gasteiger partial charge in [-0.25, -0.2) is 8.42 Å². The molecule has 0 fully saturated rings. The number of nitrogens with zero attached hydrogens (tertiary/aromatic N) is 2. The molecule has 3 aromatic rings. The number of benzene rings is 2. The van der Waals surface area contributed by atoms with Gasteiger partial charge in [-0.15, -0.1) is 0 Å². The molecule has 1 amide bonds. The predicted molar refractivity (Wildman–Crippen MR) is 109 cm³/mol. The molecule has 0 aliphatic rings. The third-order valence-electron chi connectivity index (χ3n) is 4.37. The van der Waals surface area contributed by atoms with Gasteiger partial charge in [0.2, 0.25) is 0 Å². The van der Waals surface area contributed by atoms with Crippen molar-refractivity contribution < 1.29 is 17.7 Å². The van der Waals surface area contributed by atoms with E-state index in [-0.39, 0.29) is 34.7 Å². The van der Waals surface area contributed by atoms with Gasteiger partial charge in [0.1, 0.15) is 0 Å². The average Bonchev–Trinajstić information content (AvgIpc) is 3.20. The fourth-order valence-corrected chi connectivity index (χ4v) is 4.02. The van der Waals surface area contributed by atoms with Gasteiger partial charge in [0.25, 0.3) is 0 Å². The van der Waals surface area contributed by atoms with Gasteiger partial charge in [0.05, 0.1) is 10.6 Å². The SMILES string of the molecule is C[C@@H](CNC(=O)c1nc(CCS(=O)(=O)c2ccc(Cl)cc2)no1)c1ccccc1. The summed E-state index contributed by atoms with van der Waals surface area (Å²) in [4.78, 5) is 16.4. The summed E-state index contributed by atoms with van der Waals surface area (Å²) in [5, 5.41) is 6.91. The second-order valence-corrected chi connectivity index (χ2v) is 9.11. The Kier molecular flexibility index (Phi) is 6.66. The topological polar surface area (TPSA) is 102 Å². The maximum Gasteiger partial charge on any atom is 0.315 e. The third-order valence-corrected chi connectivity index (χ3v) is 6.35. The van der Waals surface area contributed by atoms with Crippen LogP contribution in [-0.4, -0.2) is 36.8 Å². The van der Waals surface area contributed by atoms with Crippen LogP contribution in [0.2, 0.25) is 5.02 Å². The molecular formula is C20H20ClN3O4S. The number of aromatic nitrogens is 2. The Morgan fingerprint density at radius 3 is 2.52 bits per heavy atom. The highest BCUT2D eigenvalue weighted by Crippen LogP contribution is 2.16. The van der Waals surface area contributed by atoms with Crippen molar-refractivity contribution in [1.82, 2.24) is 15.5 Å². The lowest BCUT2D eigenvalue weighted by Gasteiger charge is -2.11. The fraction of sp³-hybridized carbons (Fsp3) is 0.250. The largest absolute Gasteiger partial charge is 0.347 e. The van der Waals surface area contributed by atoms with Crippen LogP contribution in [0.4, 0.5) is 0 Å². The predicted octanol–water partition coefficient (Wildman–Crippen LogP) is 3.27. The Bertz CT molecular complexity index is 1070. The van der Waals surface area contributed by atoms with Crippen LogP contribution in [0.3, 0.4) is 0 Å². The lowest BCUT2D eigenvalue weighted by atomic mass is 10.0. The summed E-state index contributed by atoms with van der Waals surface area (Å²) in [6, 6.07) is 15.7. The van der Waals surface area contributed by atoms with Crippen molar-refractivity contribution in [3.63, 3.8) is 0 Å². The van der Waals surface area contributed by atoms with E-state index in [9.17, 15) is 13.2 Å². The number of carbonyl (C=O) groups is 1. The average molecular weight is 434 g/mol. The molecule has 152 valence electrons. The number of hydrogen-bond acceptors (Lipinski definition) is 6. The van der Waals surface area contributed by atoms with Crippen LogP contribution >= 0.6 is 11.6 Å². The van der Waals surface area contributed by atoms with Crippen molar-refractivity contribution in [2.24, 2.45) is 0 Å². The molecule has 9 heteroatoms. The van der Waals surface area contributed by atoms with Gasteiger partial charge in [-0.2, -0.15) is 4.98 Å². The lowest BCUT2D eigenvalue weighted by molar-refractivity contribution is 0.0907. The first-order valence-corrected chi connectivity index (χ1v) is 11.0. The molecule has 0 spiro atoms. The minimum absolute atomic E-state index is 0.0299. The molecule has 1 heterocycles. The molecule has 0 aliphatic carbocycles. The first-order valence-electron chi connectivity index (χ1n) is 8.99. The van der Waals surface area contributed by atoms with Gasteiger partial charge < -0.3 is 9.84 Å². The molecule has 0 unspecified atom stereocenters. The number of rotatable bonds is 8. The zero-order valence-electron chi connectivity index (χ0n) is 15.7. The van der Waals surface area contributed by atoms with Gasteiger partial charge in [0, 0.05) is 18.0 Å². The minimum atomic E-state index is -3.52. The normalized spacial score (nSPS) is 12.5. The molecule has 3 rings (SSSR count). The maximum atomic E-state index is 12.4. The molecule has 1 N–H and O–H groups in total. The van der Waals surface area contributed by atoms with E-state index in [2.05, 4.69) is 15.5 Å². The van der Waals surface area contributed by atoms with Crippen LogP contribution in [0.15, 0.2) is 64.0 Å². The van der Waals surface area contributed by atoms with Gasteiger partial charge >= 0.3 is 11.8 Å². The Morgan fingerprint density at radius 1 is 1.14 bits per heavy atom. The Morgan fingerprint density at radius 2 is 1.83 bits per heavy atom. The van der Waals surface area contributed by atoms with E-state index >= 15 is 0 Å². The number of sulfone groups is 1. The van der Waals surface area contributed by atoms with Crippen molar-refractivity contribution in [3.05, 3.63) is 76.9 Å². The van der Waals surface area contributed by atoms with Gasteiger partial charge in [-0.3, -0.25) is 4.79 Å².